The molecule has 0 unspecified atom stereocenters. The van der Waals surface area contributed by atoms with Crippen LogP contribution in [0, 0.1) is 18.8 Å². The lowest BCUT2D eigenvalue weighted by Gasteiger charge is -2.26. The van der Waals surface area contributed by atoms with Crippen molar-refractivity contribution >= 4 is 11.8 Å². The summed E-state index contributed by atoms with van der Waals surface area (Å²) < 4.78 is 2.00. The number of rotatable bonds is 6. The molecular weight excluding hydrogens is 412 g/mol. The molecule has 2 aromatic carbocycles. The van der Waals surface area contributed by atoms with Gasteiger partial charge in [-0.15, -0.1) is 0 Å². The molecule has 1 fully saturated rings. The summed E-state index contributed by atoms with van der Waals surface area (Å²) in [6, 6.07) is 18.7. The maximum Gasteiger partial charge on any atom is 0.227 e. The van der Waals surface area contributed by atoms with Crippen LogP contribution in [-0.4, -0.2) is 57.8 Å². The van der Waals surface area contributed by atoms with Gasteiger partial charge in [-0.3, -0.25) is 9.59 Å². The lowest BCUT2D eigenvalue weighted by Crippen LogP contribution is -2.41. The zero-order valence-electron chi connectivity index (χ0n) is 19.6. The lowest BCUT2D eigenvalue weighted by molar-refractivity contribution is -0.136. The Balaban J connectivity index is 1.45. The summed E-state index contributed by atoms with van der Waals surface area (Å²) >= 11 is 0. The van der Waals surface area contributed by atoms with Gasteiger partial charge < -0.3 is 14.4 Å². The minimum atomic E-state index is -0.244. The van der Waals surface area contributed by atoms with E-state index >= 15 is 0 Å². The number of hydrogen-bond donors (Lipinski definition) is 0. The van der Waals surface area contributed by atoms with Gasteiger partial charge in [-0.25, -0.2) is 4.98 Å². The van der Waals surface area contributed by atoms with E-state index in [2.05, 4.69) is 41.4 Å². The lowest BCUT2D eigenvalue weighted by atomic mass is 9.95. The number of likely N-dealkylation sites (N-methyl/N-ethyl adjacent to an activating group) is 1. The number of nitrogens with zero attached hydrogens (tertiary/aromatic N) is 4. The highest BCUT2D eigenvalue weighted by atomic mass is 16.2. The van der Waals surface area contributed by atoms with Crippen LogP contribution in [0.15, 0.2) is 67.0 Å². The molecule has 33 heavy (non-hydrogen) atoms. The average Bonchev–Trinajstić information content (AvgIpc) is 3.18. The molecule has 172 valence electrons. The molecular formula is C27H32N4O2. The minimum absolute atomic E-state index is 0.0932. The zero-order chi connectivity index (χ0) is 23.4. The molecule has 1 saturated heterocycles. The largest absolute Gasteiger partial charge is 0.344 e. The first-order valence-electron chi connectivity index (χ1n) is 11.6. The number of aromatic nitrogens is 2. The Kier molecular flexibility index (Phi) is 6.92. The summed E-state index contributed by atoms with van der Waals surface area (Å²) in [7, 11) is 1.83. The summed E-state index contributed by atoms with van der Waals surface area (Å²) in [4.78, 5) is 34.2. The van der Waals surface area contributed by atoms with Gasteiger partial charge in [0.2, 0.25) is 11.8 Å². The van der Waals surface area contributed by atoms with Crippen molar-refractivity contribution in [3.05, 3.63) is 78.4 Å². The second kappa shape index (κ2) is 10.0. The molecule has 0 saturated carbocycles. The number of carbonyl (C=O) groups excluding carboxylic acids is 2. The Morgan fingerprint density at radius 1 is 1.06 bits per heavy atom. The molecule has 4 rings (SSSR count). The van der Waals surface area contributed by atoms with Crippen molar-refractivity contribution in [1.29, 1.82) is 0 Å². The molecule has 0 radical (unpaired) electrons. The van der Waals surface area contributed by atoms with Crippen LogP contribution in [0.5, 0.6) is 0 Å². The Morgan fingerprint density at radius 3 is 2.42 bits per heavy atom. The third-order valence-corrected chi connectivity index (χ3v) is 6.54. The molecule has 0 spiro atoms. The molecule has 6 heteroatoms. The van der Waals surface area contributed by atoms with Crippen LogP contribution in [0.3, 0.4) is 0 Å². The first-order valence-corrected chi connectivity index (χ1v) is 11.6. The van der Waals surface area contributed by atoms with Crippen LogP contribution in [-0.2, 0) is 22.6 Å². The highest BCUT2D eigenvalue weighted by Gasteiger charge is 2.32. The molecule has 1 aromatic heterocycles. The Hall–Kier alpha value is -3.41. The molecule has 0 bridgehead atoms. The number of imidazole rings is 1. The summed E-state index contributed by atoms with van der Waals surface area (Å²) in [6.45, 7) is 6.07. The number of benzene rings is 2. The third-order valence-electron chi connectivity index (χ3n) is 6.54. The van der Waals surface area contributed by atoms with E-state index < -0.39 is 0 Å². The van der Waals surface area contributed by atoms with E-state index in [-0.39, 0.29) is 23.7 Å². The molecule has 2 amide bonds. The van der Waals surface area contributed by atoms with Crippen LogP contribution < -0.4 is 0 Å². The maximum absolute atomic E-state index is 13.3. The number of hydrogen-bond acceptors (Lipinski definition) is 3. The molecule has 2 atom stereocenters. The van der Waals surface area contributed by atoms with Crippen molar-refractivity contribution < 1.29 is 9.59 Å². The molecule has 0 aliphatic carbocycles. The van der Waals surface area contributed by atoms with Gasteiger partial charge >= 0.3 is 0 Å². The van der Waals surface area contributed by atoms with E-state index in [0.717, 1.165) is 17.0 Å². The molecule has 6 nitrogen and oxygen atoms in total. The second-order valence-electron chi connectivity index (χ2n) is 9.04. The van der Waals surface area contributed by atoms with Gasteiger partial charge in [0.25, 0.3) is 0 Å². The molecule has 1 aliphatic rings. The smallest absolute Gasteiger partial charge is 0.227 e. The van der Waals surface area contributed by atoms with Crippen LogP contribution in [0.4, 0.5) is 0 Å². The topological polar surface area (TPSA) is 58.4 Å². The molecule has 2 heterocycles. The normalized spacial score (nSPS) is 17.7. The summed E-state index contributed by atoms with van der Waals surface area (Å²) in [5.41, 5.74) is 3.44. The Bertz CT molecular complexity index is 1090. The van der Waals surface area contributed by atoms with E-state index in [1.54, 1.807) is 11.1 Å². The van der Waals surface area contributed by atoms with E-state index in [9.17, 15) is 9.59 Å². The molecule has 3 aromatic rings. The van der Waals surface area contributed by atoms with Gasteiger partial charge in [-0.1, -0.05) is 61.5 Å². The maximum atomic E-state index is 13.3. The van der Waals surface area contributed by atoms with Gasteiger partial charge in [0.1, 0.15) is 5.82 Å². The minimum Gasteiger partial charge on any atom is -0.344 e. The van der Waals surface area contributed by atoms with Crippen molar-refractivity contribution in [2.24, 2.45) is 11.8 Å². The van der Waals surface area contributed by atoms with Crippen molar-refractivity contribution in [3.8, 4) is 11.1 Å². The summed E-state index contributed by atoms with van der Waals surface area (Å²) in [5.74, 6) is 0.678. The van der Waals surface area contributed by atoms with Crippen molar-refractivity contribution in [1.82, 2.24) is 19.4 Å². The fourth-order valence-corrected chi connectivity index (χ4v) is 4.51. The zero-order valence-corrected chi connectivity index (χ0v) is 19.6. The van der Waals surface area contributed by atoms with Gasteiger partial charge in [0.15, 0.2) is 0 Å². The van der Waals surface area contributed by atoms with Gasteiger partial charge in [-0.2, -0.15) is 0 Å². The predicted molar refractivity (Wildman–Crippen MR) is 129 cm³/mol. The number of amides is 2. The highest BCUT2D eigenvalue weighted by Crippen LogP contribution is 2.22. The van der Waals surface area contributed by atoms with E-state index in [0.29, 0.717) is 32.6 Å². The monoisotopic (exact) mass is 444 g/mol. The summed E-state index contributed by atoms with van der Waals surface area (Å²) in [6.07, 6.45) is 4.28. The highest BCUT2D eigenvalue weighted by molar-refractivity contribution is 5.83. The third kappa shape index (κ3) is 5.33. The fourth-order valence-electron chi connectivity index (χ4n) is 4.51. The standard InChI is InChI=1S/C27H32N4O2/c1-20(18-30-14-13-28-21(30)2)26(32)31-16-15-29(3)27(33)25(19-31)17-22-9-11-24(12-10-22)23-7-5-4-6-8-23/h4-14,20,25H,15-19H2,1-3H3/t20-,25+/m0/s1. The SMILES string of the molecule is Cc1nccn1C[C@H](C)C(=O)N1CCN(C)C(=O)[C@H](Cc2ccc(-c3ccccc3)cc2)C1. The number of carbonyl (C=O) groups is 2. The quantitative estimate of drug-likeness (QED) is 0.583. The Morgan fingerprint density at radius 2 is 1.76 bits per heavy atom. The summed E-state index contributed by atoms with van der Waals surface area (Å²) in [5, 5.41) is 0. The van der Waals surface area contributed by atoms with Gasteiger partial charge in [-0.05, 0) is 30.0 Å². The van der Waals surface area contributed by atoms with Crippen molar-refractivity contribution in [2.75, 3.05) is 26.7 Å². The second-order valence-corrected chi connectivity index (χ2v) is 9.04. The molecule has 0 N–H and O–H groups in total. The van der Waals surface area contributed by atoms with Crippen LogP contribution in [0.2, 0.25) is 0 Å². The predicted octanol–water partition coefficient (Wildman–Crippen LogP) is 3.65. The van der Waals surface area contributed by atoms with Crippen molar-refractivity contribution in [3.63, 3.8) is 0 Å². The molecule has 1 aliphatic heterocycles. The van der Waals surface area contributed by atoms with Gasteiger partial charge in [0.05, 0.1) is 11.8 Å². The van der Waals surface area contributed by atoms with Crippen molar-refractivity contribution in [2.45, 2.75) is 26.8 Å². The number of aryl methyl sites for hydroxylation is 1. The Labute approximate surface area is 195 Å². The van der Waals surface area contributed by atoms with Crippen LogP contribution >= 0.6 is 0 Å². The van der Waals surface area contributed by atoms with Crippen LogP contribution in [0.25, 0.3) is 11.1 Å². The average molecular weight is 445 g/mol. The first kappa shape index (κ1) is 22.8. The van der Waals surface area contributed by atoms with E-state index in [1.807, 2.05) is 54.8 Å². The first-order chi connectivity index (χ1) is 15.9. The van der Waals surface area contributed by atoms with Gasteiger partial charge in [0, 0.05) is 45.6 Å². The van der Waals surface area contributed by atoms with E-state index in [1.165, 1.54) is 5.56 Å². The fraction of sp³-hybridized carbons (Fsp3) is 0.370. The van der Waals surface area contributed by atoms with E-state index in [4.69, 9.17) is 0 Å². The van der Waals surface area contributed by atoms with Crippen LogP contribution in [0.1, 0.15) is 18.3 Å².